The Bertz CT molecular complexity index is 511. The fraction of sp³-hybridized carbons (Fsp3) is 0.400. The molecule has 1 aromatic carbocycles. The Kier molecular flexibility index (Phi) is 5.83. The average molecular weight is 291 g/mol. The van der Waals surface area contributed by atoms with Crippen molar-refractivity contribution in [1.82, 2.24) is 0 Å². The maximum atomic E-state index is 11.6. The fourth-order valence-corrected chi connectivity index (χ4v) is 2.06. The predicted molar refractivity (Wildman–Crippen MR) is 64.1 cm³/mol. The van der Waals surface area contributed by atoms with Crippen molar-refractivity contribution in [2.24, 2.45) is 0 Å². The van der Waals surface area contributed by atoms with E-state index in [2.05, 4.69) is 4.18 Å². The number of nitro groups is 1. The van der Waals surface area contributed by atoms with E-state index in [0.29, 0.717) is 0 Å². The second-order valence-corrected chi connectivity index (χ2v) is 4.98. The zero-order valence-corrected chi connectivity index (χ0v) is 10.7. The van der Waals surface area contributed by atoms with E-state index in [4.69, 9.17) is 9.84 Å². The van der Waals surface area contributed by atoms with Crippen LogP contribution in [0.15, 0.2) is 29.2 Å². The Balaban J connectivity index is 2.59. The van der Waals surface area contributed by atoms with Crippen molar-refractivity contribution in [1.29, 1.82) is 0 Å². The van der Waals surface area contributed by atoms with E-state index in [-0.39, 0.29) is 37.0 Å². The van der Waals surface area contributed by atoms with Gasteiger partial charge in [-0.2, -0.15) is 8.42 Å². The van der Waals surface area contributed by atoms with E-state index in [1.165, 1.54) is 0 Å². The zero-order valence-electron chi connectivity index (χ0n) is 9.89. The van der Waals surface area contributed by atoms with E-state index in [1.807, 2.05) is 0 Å². The minimum Gasteiger partial charge on any atom is -0.394 e. The van der Waals surface area contributed by atoms with Crippen molar-refractivity contribution in [3.63, 3.8) is 0 Å². The van der Waals surface area contributed by atoms with Crippen molar-refractivity contribution in [3.05, 3.63) is 34.4 Å². The van der Waals surface area contributed by atoms with Crippen molar-refractivity contribution in [2.45, 2.75) is 4.90 Å². The third-order valence-corrected chi connectivity index (χ3v) is 3.36. The number of rotatable bonds is 8. The van der Waals surface area contributed by atoms with Gasteiger partial charge in [0.05, 0.1) is 36.2 Å². The minimum atomic E-state index is -3.96. The maximum absolute atomic E-state index is 11.6. The van der Waals surface area contributed by atoms with E-state index >= 15 is 0 Å². The molecule has 0 bridgehead atoms. The van der Waals surface area contributed by atoms with Gasteiger partial charge >= 0.3 is 0 Å². The molecule has 0 fully saturated rings. The third kappa shape index (κ3) is 4.91. The Labute approximate surface area is 109 Å². The molecule has 0 unspecified atom stereocenters. The SMILES string of the molecule is O=[N+]([O-])c1ccc(S(=O)(=O)OCCOCCO)cc1. The number of ether oxygens (including phenoxy) is 1. The molecule has 1 aromatic rings. The second kappa shape index (κ2) is 7.14. The maximum Gasteiger partial charge on any atom is 0.297 e. The number of benzene rings is 1. The number of hydrogen-bond acceptors (Lipinski definition) is 7. The molecule has 0 saturated heterocycles. The molecular weight excluding hydrogens is 278 g/mol. The van der Waals surface area contributed by atoms with Gasteiger partial charge < -0.3 is 9.84 Å². The van der Waals surface area contributed by atoms with Gasteiger partial charge in [-0.15, -0.1) is 0 Å². The normalized spacial score (nSPS) is 11.4. The lowest BCUT2D eigenvalue weighted by Crippen LogP contribution is -2.12. The Morgan fingerprint density at radius 2 is 1.79 bits per heavy atom. The highest BCUT2D eigenvalue weighted by atomic mass is 32.2. The summed E-state index contributed by atoms with van der Waals surface area (Å²) in [5.41, 5.74) is -0.203. The predicted octanol–water partition coefficient (Wildman–Crippen LogP) is 0.309. The van der Waals surface area contributed by atoms with Gasteiger partial charge in [0.2, 0.25) is 0 Å². The van der Waals surface area contributed by atoms with Crippen LogP contribution in [0.25, 0.3) is 0 Å². The van der Waals surface area contributed by atoms with Gasteiger partial charge in [-0.3, -0.25) is 14.3 Å². The molecule has 1 N–H and O–H groups in total. The molecule has 9 heteroatoms. The van der Waals surface area contributed by atoms with E-state index in [0.717, 1.165) is 24.3 Å². The average Bonchev–Trinajstić information content (AvgIpc) is 2.38. The molecule has 8 nitrogen and oxygen atoms in total. The molecular formula is C10H13NO7S. The van der Waals surface area contributed by atoms with Crippen LogP contribution >= 0.6 is 0 Å². The smallest absolute Gasteiger partial charge is 0.297 e. The highest BCUT2D eigenvalue weighted by Gasteiger charge is 2.16. The molecule has 0 spiro atoms. The first-order valence-electron chi connectivity index (χ1n) is 5.30. The molecule has 0 radical (unpaired) electrons. The molecule has 1 rings (SSSR count). The third-order valence-electron chi connectivity index (χ3n) is 2.04. The number of nitrogens with zero attached hydrogens (tertiary/aromatic N) is 1. The van der Waals surface area contributed by atoms with Crippen molar-refractivity contribution in [2.75, 3.05) is 26.4 Å². The van der Waals surface area contributed by atoms with Gasteiger partial charge in [0.15, 0.2) is 0 Å². The summed E-state index contributed by atoms with van der Waals surface area (Å²) < 4.78 is 32.8. The highest BCUT2D eigenvalue weighted by molar-refractivity contribution is 7.86. The standard InChI is InChI=1S/C10H13NO7S/c12-5-6-17-7-8-18-19(15,16)10-3-1-9(2-4-10)11(13)14/h1-4,12H,5-8H2. The van der Waals surface area contributed by atoms with Gasteiger partial charge in [-0.25, -0.2) is 0 Å². The van der Waals surface area contributed by atoms with Gasteiger partial charge in [-0.1, -0.05) is 0 Å². The van der Waals surface area contributed by atoms with Crippen LogP contribution in [0.5, 0.6) is 0 Å². The summed E-state index contributed by atoms with van der Waals surface area (Å²) in [7, 11) is -3.96. The summed E-state index contributed by atoms with van der Waals surface area (Å²) in [6.07, 6.45) is 0. The zero-order chi connectivity index (χ0) is 14.3. The summed E-state index contributed by atoms with van der Waals surface area (Å²) in [4.78, 5) is 9.63. The lowest BCUT2D eigenvalue weighted by Gasteiger charge is -2.05. The number of aliphatic hydroxyl groups is 1. The van der Waals surface area contributed by atoms with Crippen LogP contribution in [0.2, 0.25) is 0 Å². The van der Waals surface area contributed by atoms with E-state index in [1.54, 1.807) is 0 Å². The van der Waals surface area contributed by atoms with Crippen molar-refractivity contribution in [3.8, 4) is 0 Å². The molecule has 0 aromatic heterocycles. The monoisotopic (exact) mass is 291 g/mol. The first-order chi connectivity index (χ1) is 8.97. The van der Waals surface area contributed by atoms with Gasteiger partial charge in [0.25, 0.3) is 15.8 Å². The summed E-state index contributed by atoms with van der Waals surface area (Å²) in [6, 6.07) is 4.36. The Morgan fingerprint density at radius 1 is 1.16 bits per heavy atom. The topological polar surface area (TPSA) is 116 Å². The second-order valence-electron chi connectivity index (χ2n) is 3.36. The summed E-state index contributed by atoms with van der Waals surface area (Å²) in [6.45, 7) is -0.234. The number of nitro benzene ring substituents is 1. The van der Waals surface area contributed by atoms with Gasteiger partial charge in [0, 0.05) is 12.1 Å². The quantitative estimate of drug-likeness (QED) is 0.317. The van der Waals surface area contributed by atoms with Crippen LogP contribution in [0, 0.1) is 10.1 Å². The minimum absolute atomic E-state index is 0.0206. The molecule has 0 aliphatic heterocycles. The molecule has 19 heavy (non-hydrogen) atoms. The van der Waals surface area contributed by atoms with Crippen LogP contribution in [-0.2, 0) is 19.0 Å². The van der Waals surface area contributed by atoms with Crippen LogP contribution in [0.4, 0.5) is 5.69 Å². The van der Waals surface area contributed by atoms with Gasteiger partial charge in [0.1, 0.15) is 0 Å². The van der Waals surface area contributed by atoms with E-state index < -0.39 is 15.0 Å². The summed E-state index contributed by atoms with van der Waals surface area (Å²) >= 11 is 0. The largest absolute Gasteiger partial charge is 0.394 e. The summed E-state index contributed by atoms with van der Waals surface area (Å²) in [5, 5.41) is 18.9. The van der Waals surface area contributed by atoms with Crippen LogP contribution < -0.4 is 0 Å². The lowest BCUT2D eigenvalue weighted by molar-refractivity contribution is -0.384. The van der Waals surface area contributed by atoms with Crippen molar-refractivity contribution >= 4 is 15.8 Å². The Hall–Kier alpha value is -1.55. The molecule has 0 amide bonds. The highest BCUT2D eigenvalue weighted by Crippen LogP contribution is 2.17. The molecule has 0 heterocycles. The molecule has 0 aliphatic carbocycles. The summed E-state index contributed by atoms with van der Waals surface area (Å²) in [5.74, 6) is 0. The number of non-ortho nitro benzene ring substituents is 1. The van der Waals surface area contributed by atoms with E-state index in [9.17, 15) is 18.5 Å². The first kappa shape index (κ1) is 15.5. The number of aliphatic hydroxyl groups excluding tert-OH is 1. The fourth-order valence-electron chi connectivity index (χ4n) is 1.17. The Morgan fingerprint density at radius 3 is 2.32 bits per heavy atom. The lowest BCUT2D eigenvalue weighted by atomic mass is 10.3. The number of hydrogen-bond donors (Lipinski definition) is 1. The van der Waals surface area contributed by atoms with Crippen LogP contribution in [0.1, 0.15) is 0 Å². The van der Waals surface area contributed by atoms with Crippen molar-refractivity contribution < 1.29 is 27.4 Å². The van der Waals surface area contributed by atoms with Gasteiger partial charge in [-0.05, 0) is 12.1 Å². The van der Waals surface area contributed by atoms with Crippen LogP contribution in [0.3, 0.4) is 0 Å². The van der Waals surface area contributed by atoms with Crippen LogP contribution in [-0.4, -0.2) is 44.9 Å². The molecule has 0 aliphatic rings. The molecule has 106 valence electrons. The first-order valence-corrected chi connectivity index (χ1v) is 6.70. The molecule has 0 atom stereocenters. The molecule has 0 saturated carbocycles.